The predicted molar refractivity (Wildman–Crippen MR) is 43.7 cm³/mol. The van der Waals surface area contributed by atoms with Crippen LogP contribution in [0, 0.1) is 6.92 Å². The fourth-order valence-electron chi connectivity index (χ4n) is 0.686. The monoisotopic (exact) mass is 135 g/mol. The lowest BCUT2D eigenvalue weighted by atomic mass is 10.2. The summed E-state index contributed by atoms with van der Waals surface area (Å²) in [4.78, 5) is 4.05. The second-order valence-corrected chi connectivity index (χ2v) is 2.06. The number of hydrogen-bond acceptors (Lipinski definition) is 1. The minimum atomic E-state index is 0.238. The van der Waals surface area contributed by atoms with Crippen LogP contribution in [-0.4, -0.2) is 4.98 Å². The van der Waals surface area contributed by atoms with E-state index in [1.54, 1.807) is 13.1 Å². The van der Waals surface area contributed by atoms with Gasteiger partial charge in [0, 0.05) is 11.9 Å². The SMILES string of the molecule is [2H]C(C)=C([2H])c1ccc(C)nc1. The molecule has 1 heteroatoms. The van der Waals surface area contributed by atoms with Gasteiger partial charge in [-0.15, -0.1) is 0 Å². The first-order chi connectivity index (χ1) is 5.61. The second-order valence-electron chi connectivity index (χ2n) is 2.06. The van der Waals surface area contributed by atoms with Gasteiger partial charge in [0.25, 0.3) is 0 Å². The molecular formula is C9H11N. The maximum atomic E-state index is 7.49. The summed E-state index contributed by atoms with van der Waals surface area (Å²) in [6.45, 7) is 3.49. The molecule has 0 spiro atoms. The Morgan fingerprint density at radius 1 is 1.60 bits per heavy atom. The molecule has 0 atom stereocenters. The Labute approximate surface area is 64.2 Å². The molecule has 0 aliphatic heterocycles. The molecule has 1 aromatic rings. The Morgan fingerprint density at radius 2 is 2.40 bits per heavy atom. The second kappa shape index (κ2) is 3.16. The van der Waals surface area contributed by atoms with Gasteiger partial charge in [-0.2, -0.15) is 0 Å². The van der Waals surface area contributed by atoms with E-state index in [9.17, 15) is 0 Å². The molecule has 10 heavy (non-hydrogen) atoms. The highest BCUT2D eigenvalue weighted by Crippen LogP contribution is 2.00. The van der Waals surface area contributed by atoms with Crippen LogP contribution >= 0.6 is 0 Å². The minimum Gasteiger partial charge on any atom is -0.261 e. The van der Waals surface area contributed by atoms with Crippen LogP contribution in [0.4, 0.5) is 0 Å². The van der Waals surface area contributed by atoms with Crippen molar-refractivity contribution in [1.29, 1.82) is 0 Å². The third-order valence-corrected chi connectivity index (χ3v) is 1.18. The van der Waals surface area contributed by atoms with Gasteiger partial charge in [-0.1, -0.05) is 18.2 Å². The van der Waals surface area contributed by atoms with Crippen LogP contribution < -0.4 is 0 Å². The Balaban J connectivity index is 3.06. The molecule has 0 bridgehead atoms. The average Bonchev–Trinajstić information content (AvgIpc) is 2.04. The molecular weight excluding hydrogens is 122 g/mol. The average molecular weight is 135 g/mol. The van der Waals surface area contributed by atoms with E-state index in [-0.39, 0.29) is 12.1 Å². The van der Waals surface area contributed by atoms with Gasteiger partial charge in [0.1, 0.15) is 0 Å². The molecule has 1 heterocycles. The molecule has 1 aromatic heterocycles. The number of aryl methyl sites for hydroxylation is 1. The van der Waals surface area contributed by atoms with Crippen molar-refractivity contribution in [2.75, 3.05) is 0 Å². The molecule has 0 aliphatic rings. The molecule has 1 rings (SSSR count). The first-order valence-electron chi connectivity index (χ1n) is 4.18. The summed E-state index contributed by atoms with van der Waals surface area (Å²) >= 11 is 0. The van der Waals surface area contributed by atoms with Gasteiger partial charge in [0.15, 0.2) is 0 Å². The lowest BCUT2D eigenvalue weighted by Crippen LogP contribution is -1.79. The number of rotatable bonds is 1. The van der Waals surface area contributed by atoms with Crippen molar-refractivity contribution < 1.29 is 2.74 Å². The van der Waals surface area contributed by atoms with Gasteiger partial charge in [-0.3, -0.25) is 4.98 Å². The quantitative estimate of drug-likeness (QED) is 0.576. The summed E-state index contributed by atoms with van der Waals surface area (Å²) in [5.74, 6) is 0. The molecule has 0 amide bonds. The van der Waals surface area contributed by atoms with Crippen molar-refractivity contribution in [1.82, 2.24) is 4.98 Å². The molecule has 0 fully saturated rings. The highest BCUT2D eigenvalue weighted by Gasteiger charge is 1.84. The van der Waals surface area contributed by atoms with Crippen LogP contribution in [-0.2, 0) is 0 Å². The van der Waals surface area contributed by atoms with Crippen LogP contribution in [0.5, 0.6) is 0 Å². The van der Waals surface area contributed by atoms with Crippen LogP contribution in [0.25, 0.3) is 6.05 Å². The lowest BCUT2D eigenvalue weighted by molar-refractivity contribution is 1.19. The van der Waals surface area contributed by atoms with E-state index in [0.717, 1.165) is 5.69 Å². The molecule has 52 valence electrons. The Hall–Kier alpha value is -1.11. The van der Waals surface area contributed by atoms with Crippen molar-refractivity contribution in [2.24, 2.45) is 0 Å². The highest BCUT2D eigenvalue weighted by atomic mass is 14.6. The van der Waals surface area contributed by atoms with Crippen molar-refractivity contribution in [2.45, 2.75) is 13.8 Å². The fraction of sp³-hybridized carbons (Fsp3) is 0.222. The smallest absolute Gasteiger partial charge is 0.0626 e. The van der Waals surface area contributed by atoms with Crippen molar-refractivity contribution in [3.05, 3.63) is 35.6 Å². The third kappa shape index (κ3) is 1.69. The lowest BCUT2D eigenvalue weighted by Gasteiger charge is -1.91. The number of hydrogen-bond donors (Lipinski definition) is 0. The molecule has 0 N–H and O–H groups in total. The molecule has 0 saturated heterocycles. The van der Waals surface area contributed by atoms with Gasteiger partial charge in [-0.25, -0.2) is 0 Å². The van der Waals surface area contributed by atoms with Gasteiger partial charge in [0.2, 0.25) is 0 Å². The van der Waals surface area contributed by atoms with E-state index in [4.69, 9.17) is 2.74 Å². The van der Waals surface area contributed by atoms with Crippen molar-refractivity contribution >= 4 is 6.05 Å². The molecule has 0 unspecified atom stereocenters. The topological polar surface area (TPSA) is 12.9 Å². The molecule has 0 aromatic carbocycles. The van der Waals surface area contributed by atoms with Crippen molar-refractivity contribution in [3.8, 4) is 0 Å². The van der Waals surface area contributed by atoms with Crippen molar-refractivity contribution in [3.63, 3.8) is 0 Å². The van der Waals surface area contributed by atoms with Gasteiger partial charge in [0.05, 0.1) is 2.74 Å². The summed E-state index contributed by atoms with van der Waals surface area (Å²) in [6, 6.07) is 4.15. The summed E-state index contributed by atoms with van der Waals surface area (Å²) in [7, 11) is 0. The summed E-state index contributed by atoms with van der Waals surface area (Å²) in [5, 5.41) is 0. The van der Waals surface area contributed by atoms with Gasteiger partial charge in [-0.05, 0) is 25.5 Å². The standard InChI is InChI=1S/C9H11N/c1-3-4-9-6-5-8(2)10-7-9/h3-7H,1-2H3/i3D,4D. The van der Waals surface area contributed by atoms with E-state index >= 15 is 0 Å². The molecule has 0 aliphatic carbocycles. The normalized spacial score (nSPS) is 15.4. The highest BCUT2D eigenvalue weighted by molar-refractivity contribution is 5.47. The zero-order chi connectivity index (χ0) is 9.14. The summed E-state index contributed by atoms with van der Waals surface area (Å²) in [5.41, 5.74) is 1.63. The Morgan fingerprint density at radius 3 is 2.90 bits per heavy atom. The zero-order valence-electron chi connectivity index (χ0n) is 8.18. The number of nitrogens with zero attached hydrogens (tertiary/aromatic N) is 1. The summed E-state index contributed by atoms with van der Waals surface area (Å²) in [6.07, 6.45) is 1.62. The Bertz CT molecular complexity index is 297. The minimum absolute atomic E-state index is 0.238. The van der Waals surface area contributed by atoms with Crippen LogP contribution in [0.1, 0.15) is 20.9 Å². The Kier molecular flexibility index (Phi) is 1.47. The van der Waals surface area contributed by atoms with Gasteiger partial charge >= 0.3 is 0 Å². The van der Waals surface area contributed by atoms with E-state index in [2.05, 4.69) is 4.98 Å². The maximum Gasteiger partial charge on any atom is 0.0626 e. The first kappa shape index (κ1) is 4.67. The van der Waals surface area contributed by atoms with Crippen LogP contribution in [0.2, 0.25) is 0 Å². The van der Waals surface area contributed by atoms with E-state index < -0.39 is 0 Å². The van der Waals surface area contributed by atoms with E-state index in [1.165, 1.54) is 0 Å². The summed E-state index contributed by atoms with van der Waals surface area (Å²) < 4.78 is 14.7. The van der Waals surface area contributed by atoms with E-state index in [1.807, 2.05) is 19.1 Å². The number of aromatic nitrogens is 1. The molecule has 0 saturated carbocycles. The van der Waals surface area contributed by atoms with Crippen LogP contribution in [0.15, 0.2) is 24.4 Å². The van der Waals surface area contributed by atoms with Crippen LogP contribution in [0.3, 0.4) is 0 Å². The van der Waals surface area contributed by atoms with Gasteiger partial charge < -0.3 is 0 Å². The zero-order valence-corrected chi connectivity index (χ0v) is 6.18. The first-order valence-corrected chi connectivity index (χ1v) is 3.18. The fourth-order valence-corrected chi connectivity index (χ4v) is 0.686. The maximum absolute atomic E-state index is 7.49. The molecule has 1 nitrogen and oxygen atoms in total. The number of pyridine rings is 1. The number of allylic oxidation sites excluding steroid dienone is 1. The molecule has 0 radical (unpaired) electrons. The predicted octanol–water partition coefficient (Wildman–Crippen LogP) is 2.42. The third-order valence-electron chi connectivity index (χ3n) is 1.18. The van der Waals surface area contributed by atoms with E-state index in [0.29, 0.717) is 5.56 Å². The largest absolute Gasteiger partial charge is 0.261 e.